The molecule has 0 amide bonds. The molecule has 0 unspecified atom stereocenters. The van der Waals surface area contributed by atoms with Crippen LogP contribution in [0.5, 0.6) is 0 Å². The Morgan fingerprint density at radius 2 is 1.61 bits per heavy atom. The first-order valence-electron chi connectivity index (χ1n) is 5.98. The second-order valence-electron chi connectivity index (χ2n) is 4.44. The van der Waals surface area contributed by atoms with Crippen molar-refractivity contribution in [2.45, 2.75) is 33.6 Å². The van der Waals surface area contributed by atoms with Crippen LogP contribution in [0.15, 0.2) is 24.3 Å². The molecule has 0 saturated heterocycles. The molecule has 1 heterocycles. The summed E-state index contributed by atoms with van der Waals surface area (Å²) < 4.78 is 1.90. The third-order valence-corrected chi connectivity index (χ3v) is 3.23. The van der Waals surface area contributed by atoms with Crippen molar-refractivity contribution >= 4 is 0 Å². The molecule has 96 valence electrons. The lowest BCUT2D eigenvalue weighted by Gasteiger charge is -2.06. The molecule has 18 heavy (non-hydrogen) atoms. The molecule has 2 aromatic rings. The molecule has 4 heteroatoms. The van der Waals surface area contributed by atoms with E-state index >= 15 is 0 Å². The van der Waals surface area contributed by atoms with Gasteiger partial charge in [0.05, 0.1) is 25.5 Å². The van der Waals surface area contributed by atoms with Gasteiger partial charge in [0.2, 0.25) is 0 Å². The van der Waals surface area contributed by atoms with Gasteiger partial charge in [-0.15, -0.1) is 0 Å². The van der Waals surface area contributed by atoms with Gasteiger partial charge >= 0.3 is 0 Å². The minimum atomic E-state index is 0.0289. The van der Waals surface area contributed by atoms with E-state index in [9.17, 15) is 5.11 Å². The summed E-state index contributed by atoms with van der Waals surface area (Å²) in [5, 5.41) is 22.7. The molecule has 0 aliphatic rings. The van der Waals surface area contributed by atoms with E-state index in [2.05, 4.69) is 5.10 Å². The number of hydrogen-bond acceptors (Lipinski definition) is 3. The number of benzene rings is 1. The van der Waals surface area contributed by atoms with Crippen molar-refractivity contribution in [3.8, 4) is 0 Å². The number of aryl methyl sites for hydroxylation is 1. The zero-order chi connectivity index (χ0) is 13.1. The highest BCUT2D eigenvalue weighted by molar-refractivity contribution is 5.26. The molecule has 2 N–H and O–H groups in total. The van der Waals surface area contributed by atoms with Crippen LogP contribution < -0.4 is 0 Å². The van der Waals surface area contributed by atoms with Gasteiger partial charge in [-0.05, 0) is 25.0 Å². The summed E-state index contributed by atoms with van der Waals surface area (Å²) in [6, 6.07) is 7.79. The minimum Gasteiger partial charge on any atom is -0.392 e. The quantitative estimate of drug-likeness (QED) is 0.860. The molecule has 2 rings (SSSR count). The topological polar surface area (TPSA) is 58.3 Å². The molecule has 4 nitrogen and oxygen atoms in total. The van der Waals surface area contributed by atoms with Gasteiger partial charge in [0, 0.05) is 11.3 Å². The molecule has 0 aliphatic carbocycles. The first-order valence-corrected chi connectivity index (χ1v) is 5.98. The summed E-state index contributed by atoms with van der Waals surface area (Å²) in [6.45, 7) is 4.64. The Morgan fingerprint density at radius 1 is 1.00 bits per heavy atom. The Balaban J connectivity index is 2.22. The van der Waals surface area contributed by atoms with Crippen LogP contribution in [0.3, 0.4) is 0 Å². The van der Waals surface area contributed by atoms with E-state index in [1.165, 1.54) is 0 Å². The van der Waals surface area contributed by atoms with E-state index < -0.39 is 0 Å². The van der Waals surface area contributed by atoms with Crippen LogP contribution in [-0.2, 0) is 19.8 Å². The Morgan fingerprint density at radius 3 is 2.11 bits per heavy atom. The molecule has 0 spiro atoms. The fraction of sp³-hybridized carbons (Fsp3) is 0.357. The molecule has 0 saturated carbocycles. The van der Waals surface area contributed by atoms with E-state index in [1.54, 1.807) is 0 Å². The van der Waals surface area contributed by atoms with Crippen molar-refractivity contribution in [1.82, 2.24) is 9.78 Å². The smallest absolute Gasteiger partial charge is 0.0718 e. The molecule has 0 aliphatic heterocycles. The van der Waals surface area contributed by atoms with Gasteiger partial charge in [0.1, 0.15) is 0 Å². The predicted octanol–water partition coefficient (Wildman–Crippen LogP) is 1.53. The fourth-order valence-electron chi connectivity index (χ4n) is 2.04. The highest BCUT2D eigenvalue weighted by Gasteiger charge is 2.10. The van der Waals surface area contributed by atoms with Gasteiger partial charge in [-0.1, -0.05) is 24.3 Å². The van der Waals surface area contributed by atoms with Crippen LogP contribution in [0.4, 0.5) is 0 Å². The summed E-state index contributed by atoms with van der Waals surface area (Å²) in [7, 11) is 0. The highest BCUT2D eigenvalue weighted by Crippen LogP contribution is 2.15. The van der Waals surface area contributed by atoms with Crippen molar-refractivity contribution in [3.63, 3.8) is 0 Å². The number of hydrogen-bond donors (Lipinski definition) is 2. The van der Waals surface area contributed by atoms with Crippen molar-refractivity contribution < 1.29 is 10.2 Å². The van der Waals surface area contributed by atoms with Crippen LogP contribution in [-0.4, -0.2) is 20.0 Å². The summed E-state index contributed by atoms with van der Waals surface area (Å²) >= 11 is 0. The van der Waals surface area contributed by atoms with Crippen LogP contribution in [0, 0.1) is 13.8 Å². The maximum atomic E-state index is 9.27. The van der Waals surface area contributed by atoms with Crippen LogP contribution in [0.2, 0.25) is 0 Å². The standard InChI is InChI=1S/C14H18N2O2/c1-10-14(9-18)11(2)16(15-10)7-12-3-5-13(8-17)6-4-12/h3-6,17-18H,7-9H2,1-2H3. The van der Waals surface area contributed by atoms with Crippen molar-refractivity contribution in [1.29, 1.82) is 0 Å². The molecule has 0 bridgehead atoms. The maximum absolute atomic E-state index is 9.27. The van der Waals surface area contributed by atoms with E-state index in [1.807, 2.05) is 42.8 Å². The Labute approximate surface area is 107 Å². The van der Waals surface area contributed by atoms with Gasteiger partial charge in [0.15, 0.2) is 0 Å². The SMILES string of the molecule is Cc1nn(Cc2ccc(CO)cc2)c(C)c1CO. The van der Waals surface area contributed by atoms with Crippen LogP contribution in [0.25, 0.3) is 0 Å². The summed E-state index contributed by atoms with van der Waals surface area (Å²) in [5.74, 6) is 0. The Kier molecular flexibility index (Phi) is 3.79. The lowest BCUT2D eigenvalue weighted by atomic mass is 10.1. The molecule has 1 aromatic heterocycles. The van der Waals surface area contributed by atoms with Gasteiger partial charge in [0.25, 0.3) is 0 Å². The molecule has 0 atom stereocenters. The summed E-state index contributed by atoms with van der Waals surface area (Å²) in [6.07, 6.45) is 0. The number of aliphatic hydroxyl groups excluding tert-OH is 2. The molecule has 0 radical (unpaired) electrons. The molecular weight excluding hydrogens is 228 g/mol. The Hall–Kier alpha value is -1.65. The van der Waals surface area contributed by atoms with Crippen molar-refractivity contribution in [2.75, 3.05) is 0 Å². The lowest BCUT2D eigenvalue weighted by Crippen LogP contribution is -2.04. The van der Waals surface area contributed by atoms with E-state index in [-0.39, 0.29) is 13.2 Å². The highest BCUT2D eigenvalue weighted by atomic mass is 16.3. The average Bonchev–Trinajstić information content (AvgIpc) is 2.65. The number of aliphatic hydroxyl groups is 2. The largest absolute Gasteiger partial charge is 0.392 e. The Bertz CT molecular complexity index is 529. The fourth-order valence-corrected chi connectivity index (χ4v) is 2.04. The maximum Gasteiger partial charge on any atom is 0.0718 e. The average molecular weight is 246 g/mol. The molecule has 1 aromatic carbocycles. The molecule has 0 fully saturated rings. The van der Waals surface area contributed by atoms with E-state index in [4.69, 9.17) is 5.11 Å². The third-order valence-electron chi connectivity index (χ3n) is 3.23. The predicted molar refractivity (Wildman–Crippen MR) is 69.1 cm³/mol. The van der Waals surface area contributed by atoms with Crippen molar-refractivity contribution in [2.24, 2.45) is 0 Å². The zero-order valence-electron chi connectivity index (χ0n) is 10.7. The van der Waals surface area contributed by atoms with Gasteiger partial charge < -0.3 is 10.2 Å². The van der Waals surface area contributed by atoms with Crippen LogP contribution >= 0.6 is 0 Å². The number of aromatic nitrogens is 2. The van der Waals surface area contributed by atoms with Gasteiger partial charge in [-0.25, -0.2) is 0 Å². The first kappa shape index (κ1) is 12.8. The first-order chi connectivity index (χ1) is 8.65. The lowest BCUT2D eigenvalue weighted by molar-refractivity contribution is 0.280. The van der Waals surface area contributed by atoms with Gasteiger partial charge in [-0.3, -0.25) is 4.68 Å². The number of rotatable bonds is 4. The normalized spacial score (nSPS) is 10.9. The van der Waals surface area contributed by atoms with Crippen LogP contribution in [0.1, 0.15) is 28.1 Å². The van der Waals surface area contributed by atoms with Gasteiger partial charge in [-0.2, -0.15) is 5.10 Å². The monoisotopic (exact) mass is 246 g/mol. The second-order valence-corrected chi connectivity index (χ2v) is 4.44. The zero-order valence-corrected chi connectivity index (χ0v) is 10.7. The second kappa shape index (κ2) is 5.33. The van der Waals surface area contributed by atoms with E-state index in [0.29, 0.717) is 6.54 Å². The van der Waals surface area contributed by atoms with E-state index in [0.717, 1.165) is 28.1 Å². The summed E-state index contributed by atoms with van der Waals surface area (Å²) in [5.41, 5.74) is 4.82. The number of nitrogens with zero attached hydrogens (tertiary/aromatic N) is 2. The molecular formula is C14H18N2O2. The minimum absolute atomic E-state index is 0.0289. The third kappa shape index (κ3) is 2.44. The summed E-state index contributed by atoms with van der Waals surface area (Å²) in [4.78, 5) is 0. The van der Waals surface area contributed by atoms with Crippen molar-refractivity contribution in [3.05, 3.63) is 52.3 Å².